The van der Waals surface area contributed by atoms with E-state index in [4.69, 9.17) is 0 Å². The fraction of sp³-hybridized carbons (Fsp3) is 0.562. The Morgan fingerprint density at radius 3 is 2.44 bits per heavy atom. The standard InChI is InChI=1S/C16H28N4O2S2.HI/c1-17-16(18-10-6-7-12-23-2)19-11-13-24(21,22)20-14-15-8-4-3-5-9-15;/h3-5,8-9,20H,6-7,10-14H2,1-2H3,(H2,17,18,19);1H. The van der Waals surface area contributed by atoms with Gasteiger partial charge in [-0.15, -0.1) is 24.0 Å². The number of guanidine groups is 1. The Balaban J connectivity index is 0.00000576. The first-order valence-electron chi connectivity index (χ1n) is 8.02. The zero-order valence-corrected chi connectivity index (χ0v) is 18.8. The van der Waals surface area contributed by atoms with Gasteiger partial charge in [-0.05, 0) is 30.4 Å². The van der Waals surface area contributed by atoms with Gasteiger partial charge in [0.1, 0.15) is 0 Å². The first kappa shape index (κ1) is 24.5. The van der Waals surface area contributed by atoms with Gasteiger partial charge in [0.25, 0.3) is 0 Å². The van der Waals surface area contributed by atoms with Gasteiger partial charge in [0, 0.05) is 26.7 Å². The van der Waals surface area contributed by atoms with Crippen molar-refractivity contribution in [3.8, 4) is 0 Å². The summed E-state index contributed by atoms with van der Waals surface area (Å²) in [6.45, 7) is 1.46. The molecule has 0 heterocycles. The van der Waals surface area contributed by atoms with E-state index in [1.807, 2.05) is 42.1 Å². The molecule has 3 N–H and O–H groups in total. The van der Waals surface area contributed by atoms with Gasteiger partial charge in [-0.25, -0.2) is 13.1 Å². The molecule has 0 saturated carbocycles. The Labute approximate surface area is 173 Å². The molecule has 1 rings (SSSR count). The molecule has 0 aromatic heterocycles. The zero-order chi connectivity index (χ0) is 17.7. The average Bonchev–Trinajstić information content (AvgIpc) is 2.59. The smallest absolute Gasteiger partial charge is 0.213 e. The highest BCUT2D eigenvalue weighted by Gasteiger charge is 2.10. The summed E-state index contributed by atoms with van der Waals surface area (Å²) >= 11 is 1.84. The number of rotatable bonds is 11. The molecule has 1 aromatic carbocycles. The third-order valence-electron chi connectivity index (χ3n) is 3.29. The monoisotopic (exact) mass is 500 g/mol. The molecule has 0 spiro atoms. The Bertz CT molecular complexity index is 583. The first-order valence-corrected chi connectivity index (χ1v) is 11.1. The Kier molecular flexibility index (Phi) is 14.3. The largest absolute Gasteiger partial charge is 0.356 e. The lowest BCUT2D eigenvalue weighted by Gasteiger charge is -2.12. The topological polar surface area (TPSA) is 82.6 Å². The molecule has 0 saturated heterocycles. The van der Waals surface area contributed by atoms with Crippen molar-refractivity contribution in [2.45, 2.75) is 19.4 Å². The van der Waals surface area contributed by atoms with E-state index in [1.165, 1.54) is 0 Å². The Morgan fingerprint density at radius 1 is 1.12 bits per heavy atom. The molecule has 9 heteroatoms. The summed E-state index contributed by atoms with van der Waals surface area (Å²) in [5.74, 6) is 1.80. The van der Waals surface area contributed by atoms with Crippen LogP contribution in [0.4, 0.5) is 0 Å². The van der Waals surface area contributed by atoms with Crippen LogP contribution in [0, 0.1) is 0 Å². The molecule has 25 heavy (non-hydrogen) atoms. The summed E-state index contributed by atoms with van der Waals surface area (Å²) in [7, 11) is -1.63. The predicted molar refractivity (Wildman–Crippen MR) is 119 cm³/mol. The minimum Gasteiger partial charge on any atom is -0.356 e. The summed E-state index contributed by atoms with van der Waals surface area (Å²) in [5, 5.41) is 6.22. The van der Waals surface area contributed by atoms with Crippen molar-refractivity contribution in [1.29, 1.82) is 0 Å². The molecule has 0 atom stereocenters. The van der Waals surface area contributed by atoms with Gasteiger partial charge in [-0.2, -0.15) is 11.8 Å². The molecule has 0 radical (unpaired) electrons. The van der Waals surface area contributed by atoms with Gasteiger partial charge >= 0.3 is 0 Å². The Morgan fingerprint density at radius 2 is 1.80 bits per heavy atom. The number of hydrogen-bond donors (Lipinski definition) is 3. The number of unbranched alkanes of at least 4 members (excludes halogenated alkanes) is 1. The molecule has 0 unspecified atom stereocenters. The van der Waals surface area contributed by atoms with Gasteiger partial charge in [0.05, 0.1) is 5.75 Å². The lowest BCUT2D eigenvalue weighted by atomic mass is 10.2. The lowest BCUT2D eigenvalue weighted by molar-refractivity contribution is 0.580. The van der Waals surface area contributed by atoms with E-state index < -0.39 is 10.0 Å². The predicted octanol–water partition coefficient (Wildman–Crippen LogP) is 2.03. The zero-order valence-electron chi connectivity index (χ0n) is 14.8. The van der Waals surface area contributed by atoms with Crippen LogP contribution in [0.3, 0.4) is 0 Å². The second-order valence-electron chi connectivity index (χ2n) is 5.25. The summed E-state index contributed by atoms with van der Waals surface area (Å²) < 4.78 is 26.6. The second kappa shape index (κ2) is 14.6. The molecule has 0 fully saturated rings. The van der Waals surface area contributed by atoms with Crippen LogP contribution in [0.15, 0.2) is 35.3 Å². The Hall–Kier alpha value is -0.520. The second-order valence-corrected chi connectivity index (χ2v) is 8.16. The van der Waals surface area contributed by atoms with Crippen molar-refractivity contribution in [3.63, 3.8) is 0 Å². The van der Waals surface area contributed by atoms with Crippen molar-refractivity contribution in [2.75, 3.05) is 37.9 Å². The molecule has 6 nitrogen and oxygen atoms in total. The molecule has 0 aliphatic carbocycles. The van der Waals surface area contributed by atoms with Crippen LogP contribution in [0.1, 0.15) is 18.4 Å². The summed E-state index contributed by atoms with van der Waals surface area (Å²) in [6, 6.07) is 9.47. The van der Waals surface area contributed by atoms with E-state index in [0.717, 1.165) is 30.7 Å². The van der Waals surface area contributed by atoms with Crippen molar-refractivity contribution in [3.05, 3.63) is 35.9 Å². The van der Waals surface area contributed by atoms with Crippen LogP contribution < -0.4 is 15.4 Å². The van der Waals surface area contributed by atoms with Gasteiger partial charge in [0.2, 0.25) is 10.0 Å². The minimum absolute atomic E-state index is 0. The van der Waals surface area contributed by atoms with Gasteiger partial charge in [-0.1, -0.05) is 30.3 Å². The molecule has 0 amide bonds. The number of hydrogen-bond acceptors (Lipinski definition) is 4. The minimum atomic E-state index is -3.31. The van der Waals surface area contributed by atoms with Gasteiger partial charge in [0.15, 0.2) is 5.96 Å². The van der Waals surface area contributed by atoms with Crippen molar-refractivity contribution in [2.24, 2.45) is 4.99 Å². The summed E-state index contributed by atoms with van der Waals surface area (Å²) in [4.78, 5) is 4.09. The van der Waals surface area contributed by atoms with E-state index in [1.54, 1.807) is 7.05 Å². The van der Waals surface area contributed by atoms with Crippen molar-refractivity contribution >= 4 is 51.7 Å². The summed E-state index contributed by atoms with van der Waals surface area (Å²) in [5.41, 5.74) is 0.941. The number of nitrogens with zero attached hydrogens (tertiary/aromatic N) is 1. The number of sulfonamides is 1. The maximum atomic E-state index is 12.0. The van der Waals surface area contributed by atoms with Crippen LogP contribution >= 0.6 is 35.7 Å². The van der Waals surface area contributed by atoms with Crippen LogP contribution in [-0.4, -0.2) is 52.3 Å². The number of aliphatic imine (C=N–C) groups is 1. The third kappa shape index (κ3) is 12.5. The first-order chi connectivity index (χ1) is 11.6. The molecule has 144 valence electrons. The average molecular weight is 500 g/mol. The fourth-order valence-corrected chi connectivity index (χ4v) is 3.36. The fourth-order valence-electron chi connectivity index (χ4n) is 1.96. The normalized spacial score (nSPS) is 11.7. The summed E-state index contributed by atoms with van der Waals surface area (Å²) in [6.07, 6.45) is 4.32. The molecule has 0 bridgehead atoms. The van der Waals surface area contributed by atoms with Crippen LogP contribution in [-0.2, 0) is 16.6 Å². The molecule has 0 aliphatic rings. The maximum absolute atomic E-state index is 12.0. The highest BCUT2D eigenvalue weighted by atomic mass is 127. The maximum Gasteiger partial charge on any atom is 0.213 e. The number of nitrogens with one attached hydrogen (secondary N) is 3. The highest BCUT2D eigenvalue weighted by Crippen LogP contribution is 1.99. The quantitative estimate of drug-likeness (QED) is 0.188. The molecule has 1 aromatic rings. The van der Waals surface area contributed by atoms with Gasteiger partial charge < -0.3 is 10.6 Å². The number of thioether (sulfide) groups is 1. The molecule has 0 aliphatic heterocycles. The highest BCUT2D eigenvalue weighted by molar-refractivity contribution is 14.0. The molecular weight excluding hydrogens is 471 g/mol. The van der Waals surface area contributed by atoms with E-state index >= 15 is 0 Å². The van der Waals surface area contributed by atoms with Crippen molar-refractivity contribution in [1.82, 2.24) is 15.4 Å². The van der Waals surface area contributed by atoms with E-state index in [0.29, 0.717) is 19.0 Å². The van der Waals surface area contributed by atoms with E-state index in [-0.39, 0.29) is 29.7 Å². The SMILES string of the molecule is CN=C(NCCCCSC)NCCS(=O)(=O)NCc1ccccc1.I. The van der Waals surface area contributed by atoms with E-state index in [2.05, 4.69) is 26.6 Å². The molecular formula is C16H29IN4O2S2. The van der Waals surface area contributed by atoms with Crippen molar-refractivity contribution < 1.29 is 8.42 Å². The third-order valence-corrected chi connectivity index (χ3v) is 5.32. The lowest BCUT2D eigenvalue weighted by Crippen LogP contribution is -2.41. The number of benzene rings is 1. The number of halogens is 1. The van der Waals surface area contributed by atoms with E-state index in [9.17, 15) is 8.42 Å². The van der Waals surface area contributed by atoms with Crippen LogP contribution in [0.5, 0.6) is 0 Å². The van der Waals surface area contributed by atoms with Crippen LogP contribution in [0.2, 0.25) is 0 Å². The van der Waals surface area contributed by atoms with Gasteiger partial charge in [-0.3, -0.25) is 4.99 Å². The van der Waals surface area contributed by atoms with Crippen LogP contribution in [0.25, 0.3) is 0 Å².